The zero-order valence-electron chi connectivity index (χ0n) is 18.7. The van der Waals surface area contributed by atoms with Crippen molar-refractivity contribution in [3.63, 3.8) is 0 Å². The molecule has 12 heteroatoms. The summed E-state index contributed by atoms with van der Waals surface area (Å²) in [5, 5.41) is 11.7. The van der Waals surface area contributed by atoms with Crippen LogP contribution in [-0.4, -0.2) is 41.9 Å². The second kappa shape index (κ2) is 9.87. The third kappa shape index (κ3) is 5.16. The monoisotopic (exact) mass is 469 g/mol. The largest absolute Gasteiger partial charge is 0.461 e. The number of nitrogens with two attached hydrogens (primary N) is 2. The van der Waals surface area contributed by atoms with Crippen LogP contribution in [0.5, 0.6) is 0 Å². The maximum absolute atomic E-state index is 6.09. The van der Waals surface area contributed by atoms with Gasteiger partial charge in [-0.2, -0.15) is 24.6 Å². The van der Waals surface area contributed by atoms with Gasteiger partial charge in [0.15, 0.2) is 11.6 Å². The number of anilines is 2. The molecule has 0 aliphatic heterocycles. The van der Waals surface area contributed by atoms with E-state index in [0.717, 1.165) is 23.1 Å². The van der Waals surface area contributed by atoms with Gasteiger partial charge in [0.25, 0.3) is 5.78 Å². The van der Waals surface area contributed by atoms with E-state index in [-0.39, 0.29) is 5.95 Å². The lowest BCUT2D eigenvalue weighted by atomic mass is 10.1. The van der Waals surface area contributed by atoms with E-state index in [9.17, 15) is 0 Å². The maximum atomic E-state index is 6.09. The van der Waals surface area contributed by atoms with Crippen molar-refractivity contribution in [2.24, 2.45) is 10.8 Å². The molecule has 4 heterocycles. The Hall–Kier alpha value is -5.00. The number of benzene rings is 1. The molecule has 0 spiro atoms. The van der Waals surface area contributed by atoms with Crippen molar-refractivity contribution in [1.29, 1.82) is 0 Å². The average Bonchev–Trinajstić information content (AvgIpc) is 3.56. The van der Waals surface area contributed by atoms with Crippen molar-refractivity contribution in [3.05, 3.63) is 83.9 Å². The number of amidine groups is 1. The van der Waals surface area contributed by atoms with Crippen LogP contribution < -0.4 is 22.2 Å². The molecule has 0 amide bonds. The maximum Gasteiger partial charge on any atom is 0.259 e. The Kier molecular flexibility index (Phi) is 6.15. The number of pyridine rings is 1. The number of nitrogens with one attached hydrogen (secondary N) is 2. The molecule has 176 valence electrons. The fourth-order valence-corrected chi connectivity index (χ4v) is 3.34. The van der Waals surface area contributed by atoms with Gasteiger partial charge in [-0.3, -0.25) is 4.98 Å². The van der Waals surface area contributed by atoms with E-state index in [4.69, 9.17) is 15.9 Å². The van der Waals surface area contributed by atoms with Gasteiger partial charge in [-0.25, -0.2) is 0 Å². The third-order valence-electron chi connectivity index (χ3n) is 5.15. The number of hydrazone groups is 1. The molecule has 35 heavy (non-hydrogen) atoms. The fraction of sp³-hybridized carbons (Fsp3) is 0.130. The normalized spacial score (nSPS) is 11.6. The number of hydrogen-bond acceptors (Lipinski definition) is 10. The SMILES string of the molecule is N/C(=N\NCc1ccncc1)c1ccc(CCNc2nc(N)n3nc(-c4ccco4)nc3n2)cc1. The van der Waals surface area contributed by atoms with Crippen LogP contribution in [0.25, 0.3) is 17.4 Å². The molecule has 1 aromatic carbocycles. The lowest BCUT2D eigenvalue weighted by Crippen LogP contribution is -2.19. The summed E-state index contributed by atoms with van der Waals surface area (Å²) in [6.07, 6.45) is 5.78. The smallest absolute Gasteiger partial charge is 0.259 e. The van der Waals surface area contributed by atoms with Crippen molar-refractivity contribution in [2.45, 2.75) is 13.0 Å². The van der Waals surface area contributed by atoms with Crippen LogP contribution in [0.2, 0.25) is 0 Å². The summed E-state index contributed by atoms with van der Waals surface area (Å²) in [7, 11) is 0. The molecule has 0 unspecified atom stereocenters. The fourth-order valence-electron chi connectivity index (χ4n) is 3.34. The van der Waals surface area contributed by atoms with Gasteiger partial charge in [0, 0.05) is 24.5 Å². The van der Waals surface area contributed by atoms with Crippen LogP contribution in [0.15, 0.2) is 76.7 Å². The first-order chi connectivity index (χ1) is 17.2. The number of rotatable bonds is 9. The molecule has 0 fully saturated rings. The molecular weight excluding hydrogens is 446 g/mol. The summed E-state index contributed by atoms with van der Waals surface area (Å²) < 4.78 is 6.70. The van der Waals surface area contributed by atoms with Crippen LogP contribution in [0.4, 0.5) is 11.9 Å². The summed E-state index contributed by atoms with van der Waals surface area (Å²) in [4.78, 5) is 17.0. The molecule has 0 saturated carbocycles. The first-order valence-electron chi connectivity index (χ1n) is 10.9. The van der Waals surface area contributed by atoms with Crippen LogP contribution in [-0.2, 0) is 13.0 Å². The minimum Gasteiger partial charge on any atom is -0.461 e. The highest BCUT2D eigenvalue weighted by Crippen LogP contribution is 2.17. The Labute approximate surface area is 200 Å². The summed E-state index contributed by atoms with van der Waals surface area (Å²) in [5.74, 6) is 2.24. The standard InChI is InChI=1S/C23H23N11O/c24-19(32-28-14-16-7-10-26-11-8-16)17-5-3-15(4-6-17)9-12-27-22-30-21(25)34-23(31-22)29-20(33-34)18-2-1-13-35-18/h1-8,10-11,13,28H,9,12,14H2,(H2,24,32)(H3,25,27,29,30,31,33). The summed E-state index contributed by atoms with van der Waals surface area (Å²) >= 11 is 0. The zero-order valence-corrected chi connectivity index (χ0v) is 18.7. The van der Waals surface area contributed by atoms with Crippen molar-refractivity contribution >= 4 is 23.5 Å². The topological polar surface area (TPSA) is 170 Å². The second-order valence-corrected chi connectivity index (χ2v) is 7.59. The second-order valence-electron chi connectivity index (χ2n) is 7.59. The van der Waals surface area contributed by atoms with Gasteiger partial charge in [0.05, 0.1) is 12.8 Å². The molecule has 4 aromatic heterocycles. The van der Waals surface area contributed by atoms with Crippen molar-refractivity contribution in [1.82, 2.24) is 35.0 Å². The van der Waals surface area contributed by atoms with Crippen molar-refractivity contribution < 1.29 is 4.42 Å². The molecule has 0 aliphatic rings. The Balaban J connectivity index is 1.16. The lowest BCUT2D eigenvalue weighted by molar-refractivity contribution is 0.577. The number of nitrogen functional groups attached to an aromatic ring is 1. The first kappa shape index (κ1) is 21.8. The van der Waals surface area contributed by atoms with Gasteiger partial charge in [-0.15, -0.1) is 5.10 Å². The van der Waals surface area contributed by atoms with Crippen LogP contribution in [0.3, 0.4) is 0 Å². The van der Waals surface area contributed by atoms with E-state index in [2.05, 4.69) is 40.9 Å². The number of nitrogens with zero attached hydrogens (tertiary/aromatic N) is 7. The van der Waals surface area contributed by atoms with Gasteiger partial charge in [-0.1, -0.05) is 24.3 Å². The molecule has 0 atom stereocenters. The minimum atomic E-state index is 0.180. The molecule has 0 aliphatic carbocycles. The molecule has 12 nitrogen and oxygen atoms in total. The molecule has 5 rings (SSSR count). The van der Waals surface area contributed by atoms with E-state index in [1.54, 1.807) is 30.8 Å². The third-order valence-corrected chi connectivity index (χ3v) is 5.15. The average molecular weight is 470 g/mol. The lowest BCUT2D eigenvalue weighted by Gasteiger charge is -2.07. The zero-order chi connectivity index (χ0) is 24.0. The van der Waals surface area contributed by atoms with E-state index >= 15 is 0 Å². The Morgan fingerprint density at radius 2 is 1.83 bits per heavy atom. The Bertz CT molecular complexity index is 1430. The van der Waals surface area contributed by atoms with Gasteiger partial charge in [-0.05, 0) is 41.8 Å². The molecule has 0 saturated heterocycles. The highest BCUT2D eigenvalue weighted by molar-refractivity contribution is 5.97. The van der Waals surface area contributed by atoms with Gasteiger partial charge in [0.1, 0.15) is 0 Å². The number of aromatic nitrogens is 6. The summed E-state index contributed by atoms with van der Waals surface area (Å²) in [5.41, 5.74) is 18.1. The molecule has 6 N–H and O–H groups in total. The minimum absolute atomic E-state index is 0.180. The number of fused-ring (bicyclic) bond motifs is 1. The first-order valence-corrected chi connectivity index (χ1v) is 10.9. The summed E-state index contributed by atoms with van der Waals surface area (Å²) in [6, 6.07) is 15.3. The number of hydrogen-bond donors (Lipinski definition) is 4. The molecule has 0 radical (unpaired) electrons. The highest BCUT2D eigenvalue weighted by Gasteiger charge is 2.13. The van der Waals surface area contributed by atoms with E-state index in [0.29, 0.717) is 42.2 Å². The summed E-state index contributed by atoms with van der Waals surface area (Å²) in [6.45, 7) is 1.18. The van der Waals surface area contributed by atoms with Crippen molar-refractivity contribution in [3.8, 4) is 11.6 Å². The quantitative estimate of drug-likeness (QED) is 0.142. The Morgan fingerprint density at radius 1 is 1.00 bits per heavy atom. The molecule has 0 bridgehead atoms. The van der Waals surface area contributed by atoms with Gasteiger partial charge >= 0.3 is 0 Å². The van der Waals surface area contributed by atoms with Gasteiger partial charge < -0.3 is 26.6 Å². The molecular formula is C23H23N11O. The van der Waals surface area contributed by atoms with E-state index < -0.39 is 0 Å². The van der Waals surface area contributed by atoms with Crippen LogP contribution in [0.1, 0.15) is 16.7 Å². The highest BCUT2D eigenvalue weighted by atomic mass is 16.3. The van der Waals surface area contributed by atoms with Crippen LogP contribution >= 0.6 is 0 Å². The van der Waals surface area contributed by atoms with Crippen LogP contribution in [0, 0.1) is 0 Å². The van der Waals surface area contributed by atoms with E-state index in [1.165, 1.54) is 4.52 Å². The Morgan fingerprint density at radius 3 is 2.60 bits per heavy atom. The predicted molar refractivity (Wildman–Crippen MR) is 131 cm³/mol. The molecule has 5 aromatic rings. The van der Waals surface area contributed by atoms with E-state index in [1.807, 2.05) is 36.4 Å². The number of furan rings is 1. The predicted octanol–water partition coefficient (Wildman–Crippen LogP) is 1.82. The van der Waals surface area contributed by atoms with Crippen molar-refractivity contribution in [2.75, 3.05) is 17.6 Å². The van der Waals surface area contributed by atoms with Gasteiger partial charge in [0.2, 0.25) is 17.7 Å².